The van der Waals surface area contributed by atoms with Crippen LogP contribution in [0.15, 0.2) is 47.8 Å². The van der Waals surface area contributed by atoms with Gasteiger partial charge in [-0.3, -0.25) is 14.4 Å². The Kier molecular flexibility index (Phi) is 5.78. The number of carbonyl (C=O) groups is 1. The summed E-state index contributed by atoms with van der Waals surface area (Å²) in [4.78, 5) is 17.7. The molecule has 0 aliphatic carbocycles. The Morgan fingerprint density at radius 3 is 2.52 bits per heavy atom. The summed E-state index contributed by atoms with van der Waals surface area (Å²) >= 11 is 9.15. The minimum absolute atomic E-state index is 0.295. The highest BCUT2D eigenvalue weighted by Crippen LogP contribution is 2.38. The maximum absolute atomic E-state index is 12.8. The van der Waals surface area contributed by atoms with Crippen LogP contribution in [-0.4, -0.2) is 32.6 Å². The van der Waals surface area contributed by atoms with Crippen LogP contribution in [0.5, 0.6) is 0 Å². The molecule has 0 radical (unpaired) electrons. The van der Waals surface area contributed by atoms with E-state index in [9.17, 15) is 13.2 Å². The SMILES string of the molecule is Cc1cccc2sc(C(=O)Nc3nc(-c4ccc(N(C)S(C)(=O)=O)cc4)cs3)c(Cl)c12. The second kappa shape index (κ2) is 8.23. The van der Waals surface area contributed by atoms with Crippen molar-refractivity contribution in [3.63, 3.8) is 0 Å². The first-order valence-corrected chi connectivity index (χ1v) is 13.1. The van der Waals surface area contributed by atoms with Crippen molar-refractivity contribution in [1.29, 1.82) is 0 Å². The summed E-state index contributed by atoms with van der Waals surface area (Å²) in [7, 11) is -1.82. The number of hydrogen-bond acceptors (Lipinski definition) is 6. The zero-order valence-electron chi connectivity index (χ0n) is 16.8. The van der Waals surface area contributed by atoms with Crippen molar-refractivity contribution >= 4 is 71.1 Å². The number of thiazole rings is 1. The van der Waals surface area contributed by atoms with Crippen LogP contribution >= 0.6 is 34.3 Å². The van der Waals surface area contributed by atoms with E-state index in [0.717, 1.165) is 27.5 Å². The Labute approximate surface area is 193 Å². The van der Waals surface area contributed by atoms with Gasteiger partial charge in [-0.15, -0.1) is 22.7 Å². The van der Waals surface area contributed by atoms with Crippen molar-refractivity contribution in [2.45, 2.75) is 6.92 Å². The molecule has 0 saturated carbocycles. The molecule has 1 amide bonds. The van der Waals surface area contributed by atoms with E-state index in [1.807, 2.05) is 30.5 Å². The van der Waals surface area contributed by atoms with Crippen LogP contribution in [0, 0.1) is 6.92 Å². The summed E-state index contributed by atoms with van der Waals surface area (Å²) in [6.07, 6.45) is 1.15. The summed E-state index contributed by atoms with van der Waals surface area (Å²) in [5.41, 5.74) is 3.09. The van der Waals surface area contributed by atoms with Gasteiger partial charge in [0.05, 0.1) is 22.7 Å². The third-order valence-electron chi connectivity index (χ3n) is 4.82. The summed E-state index contributed by atoms with van der Waals surface area (Å²) in [6.45, 7) is 1.97. The number of halogens is 1. The molecule has 0 aliphatic rings. The van der Waals surface area contributed by atoms with Gasteiger partial charge < -0.3 is 0 Å². The predicted octanol–water partition coefficient (Wildman–Crippen LogP) is 5.63. The standard InChI is InChI=1S/C21H18ClN3O3S3/c1-12-5-4-6-16-17(12)18(22)19(30-16)20(26)24-21-23-15(11-29-21)13-7-9-14(10-8-13)25(2)31(3,27)28/h4-11H,1-3H3,(H,23,24,26). The molecule has 4 rings (SSSR count). The molecule has 0 aliphatic heterocycles. The normalized spacial score (nSPS) is 11.6. The van der Waals surface area contributed by atoms with E-state index in [-0.39, 0.29) is 5.91 Å². The lowest BCUT2D eigenvalue weighted by molar-refractivity contribution is 0.103. The van der Waals surface area contributed by atoms with Gasteiger partial charge in [0.2, 0.25) is 10.0 Å². The number of carbonyl (C=O) groups excluding carboxylic acids is 1. The Bertz CT molecular complexity index is 1390. The smallest absolute Gasteiger partial charge is 0.269 e. The van der Waals surface area contributed by atoms with Crippen molar-refractivity contribution in [3.8, 4) is 11.3 Å². The van der Waals surface area contributed by atoms with Gasteiger partial charge in [-0.1, -0.05) is 35.9 Å². The number of amides is 1. The molecule has 2 aromatic carbocycles. The molecule has 0 unspecified atom stereocenters. The molecule has 0 fully saturated rings. The highest BCUT2D eigenvalue weighted by molar-refractivity contribution is 7.92. The van der Waals surface area contributed by atoms with Crippen molar-refractivity contribution in [3.05, 3.63) is 63.3 Å². The minimum Gasteiger partial charge on any atom is -0.297 e. The summed E-state index contributed by atoms with van der Waals surface area (Å²) in [5, 5.41) is 6.48. The number of hydrogen-bond donors (Lipinski definition) is 1. The van der Waals surface area contributed by atoms with Gasteiger partial charge >= 0.3 is 0 Å². The molecule has 160 valence electrons. The highest BCUT2D eigenvalue weighted by Gasteiger charge is 2.19. The third kappa shape index (κ3) is 4.31. The van der Waals surface area contributed by atoms with E-state index in [1.54, 1.807) is 24.3 Å². The number of nitrogens with one attached hydrogen (secondary N) is 1. The maximum Gasteiger partial charge on any atom is 0.269 e. The van der Waals surface area contributed by atoms with Gasteiger partial charge in [-0.05, 0) is 30.7 Å². The first-order chi connectivity index (χ1) is 14.6. The number of rotatable bonds is 5. The molecule has 1 N–H and O–H groups in total. The van der Waals surface area contributed by atoms with E-state index >= 15 is 0 Å². The van der Waals surface area contributed by atoms with Gasteiger partial charge in [0.15, 0.2) is 5.13 Å². The predicted molar refractivity (Wildman–Crippen MR) is 130 cm³/mol. The summed E-state index contributed by atoms with van der Waals surface area (Å²) in [6, 6.07) is 12.9. The van der Waals surface area contributed by atoms with E-state index in [1.165, 1.54) is 34.0 Å². The van der Waals surface area contributed by atoms with E-state index in [2.05, 4.69) is 10.3 Å². The second-order valence-corrected chi connectivity index (χ2v) is 11.3. The van der Waals surface area contributed by atoms with Gasteiger partial charge in [0.25, 0.3) is 5.91 Å². The Balaban J connectivity index is 1.54. The molecule has 10 heteroatoms. The minimum atomic E-state index is -3.32. The molecular weight excluding hydrogens is 474 g/mol. The average Bonchev–Trinajstić information content (AvgIpc) is 3.32. The quantitative estimate of drug-likeness (QED) is 0.392. The second-order valence-electron chi connectivity index (χ2n) is 6.96. The molecular formula is C21H18ClN3O3S3. The van der Waals surface area contributed by atoms with Crippen LogP contribution in [0.1, 0.15) is 15.2 Å². The number of aromatic nitrogens is 1. The van der Waals surface area contributed by atoms with Gasteiger partial charge in [-0.2, -0.15) is 0 Å². The highest BCUT2D eigenvalue weighted by atomic mass is 35.5. The fraction of sp³-hybridized carbons (Fsp3) is 0.143. The number of fused-ring (bicyclic) bond motifs is 1. The van der Waals surface area contributed by atoms with Crippen LogP contribution < -0.4 is 9.62 Å². The molecule has 2 heterocycles. The monoisotopic (exact) mass is 491 g/mol. The first kappa shape index (κ1) is 21.8. The molecule has 4 aromatic rings. The zero-order chi connectivity index (χ0) is 22.3. The Morgan fingerprint density at radius 1 is 1.16 bits per heavy atom. The fourth-order valence-corrected chi connectivity index (χ4v) is 5.87. The topological polar surface area (TPSA) is 79.4 Å². The first-order valence-electron chi connectivity index (χ1n) is 9.14. The van der Waals surface area contributed by atoms with E-state index in [0.29, 0.717) is 26.4 Å². The van der Waals surface area contributed by atoms with Crippen molar-refractivity contribution in [1.82, 2.24) is 4.98 Å². The number of benzene rings is 2. The van der Waals surface area contributed by atoms with Gasteiger partial charge in [0.1, 0.15) is 4.88 Å². The maximum atomic E-state index is 12.8. The molecule has 31 heavy (non-hydrogen) atoms. The molecule has 0 saturated heterocycles. The Hall–Kier alpha value is -2.46. The summed E-state index contributed by atoms with van der Waals surface area (Å²) < 4.78 is 25.5. The third-order valence-corrected chi connectivity index (χ3v) is 8.43. The van der Waals surface area contributed by atoms with Gasteiger partial charge in [-0.25, -0.2) is 13.4 Å². The molecule has 0 spiro atoms. The van der Waals surface area contributed by atoms with Crippen LogP contribution in [-0.2, 0) is 10.0 Å². The lowest BCUT2D eigenvalue weighted by Gasteiger charge is -2.16. The van der Waals surface area contributed by atoms with E-state index in [4.69, 9.17) is 11.6 Å². The molecule has 0 bridgehead atoms. The van der Waals surface area contributed by atoms with E-state index < -0.39 is 10.0 Å². The van der Waals surface area contributed by atoms with Crippen LogP contribution in [0.4, 0.5) is 10.8 Å². The fourth-order valence-electron chi connectivity index (χ4n) is 3.07. The number of nitrogens with zero attached hydrogens (tertiary/aromatic N) is 2. The lowest BCUT2D eigenvalue weighted by atomic mass is 10.1. The molecule has 6 nitrogen and oxygen atoms in total. The number of sulfonamides is 1. The van der Waals surface area contributed by atoms with Crippen LogP contribution in [0.3, 0.4) is 0 Å². The van der Waals surface area contributed by atoms with Crippen LogP contribution in [0.2, 0.25) is 5.02 Å². The van der Waals surface area contributed by atoms with Crippen molar-refractivity contribution < 1.29 is 13.2 Å². The molecule has 2 aromatic heterocycles. The number of aryl methyl sites for hydroxylation is 1. The van der Waals surface area contributed by atoms with Crippen molar-refractivity contribution in [2.24, 2.45) is 0 Å². The molecule has 0 atom stereocenters. The Morgan fingerprint density at radius 2 is 1.87 bits per heavy atom. The average molecular weight is 492 g/mol. The van der Waals surface area contributed by atoms with Crippen molar-refractivity contribution in [2.75, 3.05) is 22.9 Å². The van der Waals surface area contributed by atoms with Crippen LogP contribution in [0.25, 0.3) is 21.3 Å². The lowest BCUT2D eigenvalue weighted by Crippen LogP contribution is -2.24. The summed E-state index contributed by atoms with van der Waals surface area (Å²) in [5.74, 6) is -0.295. The largest absolute Gasteiger partial charge is 0.297 e. The number of anilines is 2. The zero-order valence-corrected chi connectivity index (χ0v) is 20.0. The van der Waals surface area contributed by atoms with Gasteiger partial charge in [0, 0.05) is 28.1 Å². The number of thiophene rings is 1.